The molecule has 48 valence electrons. The highest BCUT2D eigenvalue weighted by Gasteiger charge is 2.00. The Kier molecular flexibility index (Phi) is 1.68. The lowest BCUT2D eigenvalue weighted by atomic mass is 10.6. The van der Waals surface area contributed by atoms with Gasteiger partial charge < -0.3 is 5.73 Å². The number of aromatic nitrogens is 1. The van der Waals surface area contributed by atoms with Crippen molar-refractivity contribution >= 4 is 28.8 Å². The Morgan fingerprint density at radius 1 is 1.89 bits per heavy atom. The Hall–Kier alpha value is -0.610. The topological polar surface area (TPSA) is 62.8 Å². The van der Waals surface area contributed by atoms with Gasteiger partial charge >= 0.3 is 0 Å². The third-order valence-electron chi connectivity index (χ3n) is 0.708. The van der Waals surface area contributed by atoms with Crippen molar-refractivity contribution in [2.75, 3.05) is 0 Å². The van der Waals surface area contributed by atoms with Crippen LogP contribution in [0.4, 0.5) is 0 Å². The molecule has 1 aromatic rings. The second-order valence-corrected chi connectivity index (χ2v) is 3.05. The number of nitrogens with one attached hydrogen (secondary N) is 1. The smallest absolute Gasteiger partial charge is 0.159 e. The molecule has 0 aliphatic rings. The lowest BCUT2D eigenvalue weighted by Gasteiger charge is -1.83. The molecule has 3 nitrogen and oxygen atoms in total. The van der Waals surface area contributed by atoms with Crippen LogP contribution in [0.3, 0.4) is 0 Å². The van der Waals surface area contributed by atoms with Crippen LogP contribution < -0.4 is 5.73 Å². The highest BCUT2D eigenvalue weighted by atomic mass is 35.5. The largest absolute Gasteiger partial charge is 0.382 e. The van der Waals surface area contributed by atoms with E-state index in [1.807, 2.05) is 0 Å². The second-order valence-electron chi connectivity index (χ2n) is 1.38. The van der Waals surface area contributed by atoms with Gasteiger partial charge in [0, 0.05) is 0 Å². The van der Waals surface area contributed by atoms with E-state index in [0.29, 0.717) is 9.34 Å². The fourth-order valence-electron chi connectivity index (χ4n) is 0.379. The molecule has 9 heavy (non-hydrogen) atoms. The van der Waals surface area contributed by atoms with Crippen LogP contribution in [0.5, 0.6) is 0 Å². The van der Waals surface area contributed by atoms with E-state index in [-0.39, 0.29) is 5.84 Å². The van der Waals surface area contributed by atoms with Crippen molar-refractivity contribution in [1.29, 1.82) is 5.41 Å². The minimum absolute atomic E-state index is 0.0353. The summed E-state index contributed by atoms with van der Waals surface area (Å²) in [6.45, 7) is 0. The quantitative estimate of drug-likeness (QED) is 0.478. The van der Waals surface area contributed by atoms with Crippen LogP contribution in [0.2, 0.25) is 4.34 Å². The third kappa shape index (κ3) is 1.40. The number of thiazole rings is 1. The molecule has 0 bridgehead atoms. The molecule has 3 N–H and O–H groups in total. The summed E-state index contributed by atoms with van der Waals surface area (Å²) in [7, 11) is 0. The van der Waals surface area contributed by atoms with E-state index in [9.17, 15) is 0 Å². The van der Waals surface area contributed by atoms with Crippen LogP contribution in [-0.4, -0.2) is 10.8 Å². The zero-order valence-corrected chi connectivity index (χ0v) is 5.96. The minimum atomic E-state index is -0.0353. The first kappa shape index (κ1) is 6.51. The molecule has 0 saturated carbocycles. The van der Waals surface area contributed by atoms with E-state index >= 15 is 0 Å². The fraction of sp³-hybridized carbons (Fsp3) is 0. The van der Waals surface area contributed by atoms with Gasteiger partial charge in [-0.3, -0.25) is 5.41 Å². The normalized spacial score (nSPS) is 9.44. The van der Waals surface area contributed by atoms with Gasteiger partial charge in [0.1, 0.15) is 4.34 Å². The van der Waals surface area contributed by atoms with Gasteiger partial charge in [-0.15, -0.1) is 0 Å². The number of rotatable bonds is 1. The average molecular weight is 162 g/mol. The number of halogens is 1. The van der Waals surface area contributed by atoms with Crippen molar-refractivity contribution in [3.63, 3.8) is 0 Å². The molecule has 0 saturated heterocycles. The number of amidine groups is 1. The highest BCUT2D eigenvalue weighted by molar-refractivity contribution is 7.17. The molecule has 0 atom stereocenters. The zero-order valence-electron chi connectivity index (χ0n) is 4.39. The number of nitrogen functional groups attached to an aromatic ring is 1. The van der Waals surface area contributed by atoms with Gasteiger partial charge in [-0.25, -0.2) is 4.98 Å². The van der Waals surface area contributed by atoms with Crippen LogP contribution in [0.15, 0.2) is 6.20 Å². The van der Waals surface area contributed by atoms with Crippen LogP contribution in [0.25, 0.3) is 0 Å². The summed E-state index contributed by atoms with van der Waals surface area (Å²) in [6, 6.07) is 0. The van der Waals surface area contributed by atoms with Gasteiger partial charge in [0.2, 0.25) is 0 Å². The third-order valence-corrected chi connectivity index (χ3v) is 1.86. The van der Waals surface area contributed by atoms with Crippen LogP contribution in [-0.2, 0) is 0 Å². The minimum Gasteiger partial charge on any atom is -0.382 e. The molecular formula is C4H4ClN3S. The molecule has 0 amide bonds. The van der Waals surface area contributed by atoms with Crippen molar-refractivity contribution in [3.8, 4) is 0 Å². The predicted molar refractivity (Wildman–Crippen MR) is 38.1 cm³/mol. The zero-order chi connectivity index (χ0) is 6.85. The van der Waals surface area contributed by atoms with E-state index in [0.717, 1.165) is 0 Å². The maximum Gasteiger partial charge on any atom is 0.159 e. The van der Waals surface area contributed by atoms with Gasteiger partial charge in [0.05, 0.1) is 6.20 Å². The molecule has 0 aromatic carbocycles. The van der Waals surface area contributed by atoms with Crippen LogP contribution in [0.1, 0.15) is 5.01 Å². The molecule has 1 heterocycles. The lowest BCUT2D eigenvalue weighted by Crippen LogP contribution is -2.09. The Labute approximate surface area is 61.0 Å². The molecule has 0 unspecified atom stereocenters. The molecule has 0 fully saturated rings. The van der Waals surface area contributed by atoms with Crippen molar-refractivity contribution in [3.05, 3.63) is 15.5 Å². The van der Waals surface area contributed by atoms with Crippen molar-refractivity contribution in [1.82, 2.24) is 4.98 Å². The Bertz CT molecular complexity index is 231. The summed E-state index contributed by atoms with van der Waals surface area (Å²) in [6.07, 6.45) is 1.48. The van der Waals surface area contributed by atoms with E-state index < -0.39 is 0 Å². The Morgan fingerprint density at radius 3 is 2.78 bits per heavy atom. The van der Waals surface area contributed by atoms with Gasteiger partial charge in [-0.05, 0) is 0 Å². The number of nitrogens with zero attached hydrogens (tertiary/aromatic N) is 1. The molecule has 0 radical (unpaired) electrons. The molecule has 5 heteroatoms. The first-order chi connectivity index (χ1) is 4.20. The van der Waals surface area contributed by atoms with E-state index in [2.05, 4.69) is 4.98 Å². The molecular weight excluding hydrogens is 158 g/mol. The summed E-state index contributed by atoms with van der Waals surface area (Å²) in [5, 5.41) is 7.39. The predicted octanol–water partition coefficient (Wildman–Crippen LogP) is 1.08. The van der Waals surface area contributed by atoms with E-state index in [1.54, 1.807) is 0 Å². The van der Waals surface area contributed by atoms with Gasteiger partial charge in [-0.2, -0.15) is 0 Å². The monoisotopic (exact) mass is 161 g/mol. The fourth-order valence-corrected chi connectivity index (χ4v) is 1.15. The molecule has 1 rings (SSSR count). The standard InChI is InChI=1S/C4H4ClN3S/c5-2-1-8-4(9-2)3(6)7/h1H,(H3,6,7). The summed E-state index contributed by atoms with van der Waals surface area (Å²) >= 11 is 6.71. The number of nitrogens with two attached hydrogens (primary N) is 1. The average Bonchev–Trinajstić information content (AvgIpc) is 2.14. The SMILES string of the molecule is N=C(N)c1ncc(Cl)s1. The molecule has 1 aromatic heterocycles. The summed E-state index contributed by atoms with van der Waals surface area (Å²) in [5.74, 6) is -0.0353. The van der Waals surface area contributed by atoms with Gasteiger partial charge in [0.25, 0.3) is 0 Å². The van der Waals surface area contributed by atoms with Gasteiger partial charge in [0.15, 0.2) is 10.8 Å². The molecule has 0 spiro atoms. The summed E-state index contributed by atoms with van der Waals surface area (Å²) in [5.41, 5.74) is 5.10. The van der Waals surface area contributed by atoms with Gasteiger partial charge in [-0.1, -0.05) is 22.9 Å². The van der Waals surface area contributed by atoms with E-state index in [4.69, 9.17) is 22.7 Å². The summed E-state index contributed by atoms with van der Waals surface area (Å²) in [4.78, 5) is 3.75. The van der Waals surface area contributed by atoms with Crippen LogP contribution in [0, 0.1) is 5.41 Å². The Balaban J connectivity index is 2.98. The van der Waals surface area contributed by atoms with E-state index in [1.165, 1.54) is 17.5 Å². The maximum atomic E-state index is 6.92. The maximum absolute atomic E-state index is 6.92. The summed E-state index contributed by atoms with van der Waals surface area (Å²) < 4.78 is 0.556. The first-order valence-electron chi connectivity index (χ1n) is 2.16. The van der Waals surface area contributed by atoms with Crippen molar-refractivity contribution < 1.29 is 0 Å². The molecule has 0 aliphatic carbocycles. The highest BCUT2D eigenvalue weighted by Crippen LogP contribution is 2.16. The Morgan fingerprint density at radius 2 is 2.56 bits per heavy atom. The lowest BCUT2D eigenvalue weighted by molar-refractivity contribution is 1.33. The number of hydrogen-bond acceptors (Lipinski definition) is 3. The second kappa shape index (κ2) is 2.33. The van der Waals surface area contributed by atoms with Crippen molar-refractivity contribution in [2.24, 2.45) is 5.73 Å². The van der Waals surface area contributed by atoms with Crippen LogP contribution >= 0.6 is 22.9 Å². The first-order valence-corrected chi connectivity index (χ1v) is 3.35. The molecule has 0 aliphatic heterocycles. The van der Waals surface area contributed by atoms with Crippen molar-refractivity contribution in [2.45, 2.75) is 0 Å². The number of hydrogen-bond donors (Lipinski definition) is 2.